The second kappa shape index (κ2) is 9.49. The molecule has 3 heterocycles. The van der Waals surface area contributed by atoms with Gasteiger partial charge < -0.3 is 9.73 Å². The SMILES string of the molecule is Cc1ccc(-c2nnc(CCC(=O)Nc3nc(CN4CCC[C@H](C)C4)cs3)o2)cc1. The zero-order valence-corrected chi connectivity index (χ0v) is 18.2. The highest BCUT2D eigenvalue weighted by Gasteiger charge is 2.18. The molecule has 7 nitrogen and oxygen atoms in total. The van der Waals surface area contributed by atoms with Crippen molar-refractivity contribution in [3.63, 3.8) is 0 Å². The summed E-state index contributed by atoms with van der Waals surface area (Å²) < 4.78 is 5.69. The normalized spacial score (nSPS) is 17.2. The second-order valence-corrected chi connectivity index (χ2v) is 8.90. The van der Waals surface area contributed by atoms with Gasteiger partial charge in [0.2, 0.25) is 17.7 Å². The van der Waals surface area contributed by atoms with E-state index in [0.717, 1.165) is 36.8 Å². The molecule has 158 valence electrons. The van der Waals surface area contributed by atoms with Crippen molar-refractivity contribution >= 4 is 22.4 Å². The number of carbonyl (C=O) groups excluding carboxylic acids is 1. The number of aromatic nitrogens is 3. The number of anilines is 1. The molecule has 4 rings (SSSR count). The van der Waals surface area contributed by atoms with Crippen molar-refractivity contribution < 1.29 is 9.21 Å². The maximum absolute atomic E-state index is 12.3. The van der Waals surface area contributed by atoms with E-state index < -0.39 is 0 Å². The lowest BCUT2D eigenvalue weighted by molar-refractivity contribution is -0.116. The summed E-state index contributed by atoms with van der Waals surface area (Å²) >= 11 is 1.47. The molecule has 0 unspecified atom stereocenters. The van der Waals surface area contributed by atoms with Gasteiger partial charge in [-0.3, -0.25) is 9.69 Å². The molecule has 1 aromatic carbocycles. The largest absolute Gasteiger partial charge is 0.421 e. The van der Waals surface area contributed by atoms with E-state index >= 15 is 0 Å². The van der Waals surface area contributed by atoms with Crippen LogP contribution in [0.1, 0.15) is 43.3 Å². The van der Waals surface area contributed by atoms with E-state index in [1.54, 1.807) is 0 Å². The van der Waals surface area contributed by atoms with Crippen LogP contribution in [0.5, 0.6) is 0 Å². The smallest absolute Gasteiger partial charge is 0.247 e. The zero-order chi connectivity index (χ0) is 20.9. The Hall–Kier alpha value is -2.58. The highest BCUT2D eigenvalue weighted by molar-refractivity contribution is 7.13. The van der Waals surface area contributed by atoms with Gasteiger partial charge in [0.15, 0.2) is 5.13 Å². The third-order valence-electron chi connectivity index (χ3n) is 5.26. The van der Waals surface area contributed by atoms with E-state index in [2.05, 4.69) is 32.3 Å². The molecule has 1 aliphatic rings. The first kappa shape index (κ1) is 20.7. The fourth-order valence-corrected chi connectivity index (χ4v) is 4.38. The van der Waals surface area contributed by atoms with Crippen LogP contribution in [0.2, 0.25) is 0 Å². The van der Waals surface area contributed by atoms with Gasteiger partial charge in [-0.1, -0.05) is 24.6 Å². The van der Waals surface area contributed by atoms with E-state index in [0.29, 0.717) is 23.3 Å². The third kappa shape index (κ3) is 5.52. The van der Waals surface area contributed by atoms with Gasteiger partial charge in [0.25, 0.3) is 0 Å². The van der Waals surface area contributed by atoms with Gasteiger partial charge >= 0.3 is 0 Å². The van der Waals surface area contributed by atoms with Gasteiger partial charge in [-0.2, -0.15) is 0 Å². The van der Waals surface area contributed by atoms with Gasteiger partial charge in [-0.05, 0) is 44.4 Å². The van der Waals surface area contributed by atoms with E-state index in [-0.39, 0.29) is 12.3 Å². The van der Waals surface area contributed by atoms with Crippen molar-refractivity contribution in [2.45, 2.75) is 46.1 Å². The molecule has 1 amide bonds. The molecule has 3 aromatic rings. The maximum Gasteiger partial charge on any atom is 0.247 e. The summed E-state index contributed by atoms with van der Waals surface area (Å²) in [7, 11) is 0. The van der Waals surface area contributed by atoms with Crippen LogP contribution in [0.25, 0.3) is 11.5 Å². The number of nitrogens with zero attached hydrogens (tertiary/aromatic N) is 4. The first-order valence-corrected chi connectivity index (χ1v) is 11.3. The first-order chi connectivity index (χ1) is 14.5. The molecule has 1 fully saturated rings. The lowest BCUT2D eigenvalue weighted by Gasteiger charge is -2.30. The number of amides is 1. The molecule has 2 aromatic heterocycles. The lowest BCUT2D eigenvalue weighted by atomic mass is 10.0. The Morgan fingerprint density at radius 3 is 2.93 bits per heavy atom. The highest BCUT2D eigenvalue weighted by atomic mass is 32.1. The van der Waals surface area contributed by atoms with Crippen molar-refractivity contribution in [2.24, 2.45) is 5.92 Å². The molecule has 0 spiro atoms. The number of benzene rings is 1. The Balaban J connectivity index is 1.25. The molecule has 1 atom stereocenters. The van der Waals surface area contributed by atoms with Gasteiger partial charge in [-0.25, -0.2) is 4.98 Å². The quantitative estimate of drug-likeness (QED) is 0.607. The van der Waals surface area contributed by atoms with Crippen molar-refractivity contribution in [3.05, 3.63) is 46.8 Å². The summed E-state index contributed by atoms with van der Waals surface area (Å²) in [6.07, 6.45) is 3.22. The molecule has 30 heavy (non-hydrogen) atoms. The fourth-order valence-electron chi connectivity index (χ4n) is 3.67. The molecular formula is C22H27N5O2S. The van der Waals surface area contributed by atoms with E-state index in [9.17, 15) is 4.79 Å². The minimum atomic E-state index is -0.0995. The standard InChI is InChI=1S/C22H27N5O2S/c1-15-5-7-17(8-6-15)21-26-25-20(29-21)10-9-19(28)24-22-23-18(14-30-22)13-27-11-3-4-16(2)12-27/h5-8,14,16H,3-4,9-13H2,1-2H3,(H,23,24,28)/t16-/m0/s1. The van der Waals surface area contributed by atoms with Crippen molar-refractivity contribution in [1.82, 2.24) is 20.1 Å². The summed E-state index contributed by atoms with van der Waals surface area (Å²) in [6, 6.07) is 7.90. The molecule has 0 aliphatic carbocycles. The fraction of sp³-hybridized carbons (Fsp3) is 0.455. The van der Waals surface area contributed by atoms with Crippen molar-refractivity contribution in [3.8, 4) is 11.5 Å². The average molecular weight is 426 g/mol. The molecule has 1 saturated heterocycles. The van der Waals surface area contributed by atoms with Crippen LogP contribution < -0.4 is 5.32 Å². The maximum atomic E-state index is 12.3. The van der Waals surface area contributed by atoms with E-state index in [1.165, 1.54) is 29.7 Å². The molecule has 1 N–H and O–H groups in total. The van der Waals surface area contributed by atoms with Crippen molar-refractivity contribution in [2.75, 3.05) is 18.4 Å². The van der Waals surface area contributed by atoms with Gasteiger partial charge in [0, 0.05) is 36.9 Å². The first-order valence-electron chi connectivity index (χ1n) is 10.4. The topological polar surface area (TPSA) is 84.2 Å². The number of hydrogen-bond donors (Lipinski definition) is 1. The predicted molar refractivity (Wildman–Crippen MR) is 117 cm³/mol. The minimum Gasteiger partial charge on any atom is -0.421 e. The van der Waals surface area contributed by atoms with Gasteiger partial charge in [0.1, 0.15) is 0 Å². The van der Waals surface area contributed by atoms with Crippen LogP contribution in [0.15, 0.2) is 34.1 Å². The molecule has 8 heteroatoms. The molecular weight excluding hydrogens is 398 g/mol. The Bertz CT molecular complexity index is 982. The zero-order valence-electron chi connectivity index (χ0n) is 17.4. The van der Waals surface area contributed by atoms with Crippen LogP contribution >= 0.6 is 11.3 Å². The molecule has 1 aliphatic heterocycles. The van der Waals surface area contributed by atoms with Gasteiger partial charge in [0.05, 0.1) is 5.69 Å². The van der Waals surface area contributed by atoms with Gasteiger partial charge in [-0.15, -0.1) is 21.5 Å². The van der Waals surface area contributed by atoms with Crippen LogP contribution in [-0.4, -0.2) is 39.1 Å². The summed E-state index contributed by atoms with van der Waals surface area (Å²) in [5.74, 6) is 1.58. The summed E-state index contributed by atoms with van der Waals surface area (Å²) in [5.41, 5.74) is 3.07. The van der Waals surface area contributed by atoms with Crippen LogP contribution in [0.3, 0.4) is 0 Å². The van der Waals surface area contributed by atoms with E-state index in [1.807, 2.05) is 36.6 Å². The monoisotopic (exact) mass is 425 g/mol. The Morgan fingerprint density at radius 1 is 1.30 bits per heavy atom. The Kier molecular flexibility index (Phi) is 6.54. The number of thiazole rings is 1. The summed E-state index contributed by atoms with van der Waals surface area (Å²) in [5, 5.41) is 13.7. The summed E-state index contributed by atoms with van der Waals surface area (Å²) in [4.78, 5) is 19.3. The number of likely N-dealkylation sites (tertiary alicyclic amines) is 1. The van der Waals surface area contributed by atoms with Crippen molar-refractivity contribution in [1.29, 1.82) is 0 Å². The number of piperidine rings is 1. The third-order valence-corrected chi connectivity index (χ3v) is 6.06. The highest BCUT2D eigenvalue weighted by Crippen LogP contribution is 2.22. The van der Waals surface area contributed by atoms with Crippen LogP contribution in [0.4, 0.5) is 5.13 Å². The molecule has 0 bridgehead atoms. The lowest BCUT2D eigenvalue weighted by Crippen LogP contribution is -2.33. The summed E-state index contributed by atoms with van der Waals surface area (Å²) in [6.45, 7) is 7.42. The minimum absolute atomic E-state index is 0.0995. The molecule has 0 saturated carbocycles. The number of nitrogens with one attached hydrogen (secondary N) is 1. The number of aryl methyl sites for hydroxylation is 2. The number of carbonyl (C=O) groups is 1. The van der Waals surface area contributed by atoms with E-state index in [4.69, 9.17) is 4.42 Å². The number of hydrogen-bond acceptors (Lipinski definition) is 7. The predicted octanol–water partition coefficient (Wildman–Crippen LogP) is 4.30. The number of rotatable bonds is 7. The van der Waals surface area contributed by atoms with Crippen LogP contribution in [0, 0.1) is 12.8 Å². The second-order valence-electron chi connectivity index (χ2n) is 8.04. The Labute approximate surface area is 180 Å². The van der Waals surface area contributed by atoms with Crippen LogP contribution in [-0.2, 0) is 17.8 Å². The molecule has 0 radical (unpaired) electrons. The Morgan fingerprint density at radius 2 is 2.13 bits per heavy atom. The average Bonchev–Trinajstić information content (AvgIpc) is 3.37.